The fourth-order valence-corrected chi connectivity index (χ4v) is 2.30. The molecule has 2 atom stereocenters. The molecular formula is C12H25N3O. The molecule has 0 radical (unpaired) electrons. The minimum absolute atomic E-state index is 0.0509. The van der Waals surface area contributed by atoms with Gasteiger partial charge in [0.1, 0.15) is 0 Å². The second-order valence-electron chi connectivity index (χ2n) is 4.67. The first-order chi connectivity index (χ1) is 7.65. The number of amides is 1. The van der Waals surface area contributed by atoms with E-state index in [1.807, 2.05) is 0 Å². The largest absolute Gasteiger partial charge is 0.353 e. The van der Waals surface area contributed by atoms with Gasteiger partial charge in [0.2, 0.25) is 5.91 Å². The summed E-state index contributed by atoms with van der Waals surface area (Å²) < 4.78 is 0. The van der Waals surface area contributed by atoms with Crippen LogP contribution < -0.4 is 11.1 Å². The van der Waals surface area contributed by atoms with Crippen molar-refractivity contribution in [1.29, 1.82) is 0 Å². The van der Waals surface area contributed by atoms with Crippen molar-refractivity contribution in [3.63, 3.8) is 0 Å². The molecule has 3 N–H and O–H groups in total. The molecule has 4 heteroatoms. The van der Waals surface area contributed by atoms with Crippen LogP contribution in [0.5, 0.6) is 0 Å². The van der Waals surface area contributed by atoms with Gasteiger partial charge in [0.15, 0.2) is 0 Å². The summed E-state index contributed by atoms with van der Waals surface area (Å²) >= 11 is 0. The predicted octanol–water partition coefficient (Wildman–Crippen LogP) is 0.714. The summed E-state index contributed by atoms with van der Waals surface area (Å²) in [6, 6.07) is 0.310. The lowest BCUT2D eigenvalue weighted by Crippen LogP contribution is -2.46. The van der Waals surface area contributed by atoms with Crippen LogP contribution in [0.3, 0.4) is 0 Å². The molecule has 4 nitrogen and oxygen atoms in total. The Bertz CT molecular complexity index is 218. The maximum Gasteiger partial charge on any atom is 0.236 e. The number of rotatable bonds is 5. The van der Waals surface area contributed by atoms with Crippen LogP contribution in [-0.2, 0) is 4.79 Å². The topological polar surface area (TPSA) is 58.4 Å². The van der Waals surface area contributed by atoms with Crippen molar-refractivity contribution in [1.82, 2.24) is 10.2 Å². The molecular weight excluding hydrogens is 202 g/mol. The van der Waals surface area contributed by atoms with Gasteiger partial charge < -0.3 is 11.1 Å². The molecule has 1 amide bonds. The van der Waals surface area contributed by atoms with Crippen LogP contribution in [0.15, 0.2) is 0 Å². The number of nitrogens with one attached hydrogen (secondary N) is 1. The summed E-state index contributed by atoms with van der Waals surface area (Å²) in [6.07, 6.45) is 5.15. The van der Waals surface area contributed by atoms with E-state index in [9.17, 15) is 4.79 Å². The molecule has 0 aromatic carbocycles. The summed E-state index contributed by atoms with van der Waals surface area (Å²) in [4.78, 5) is 13.8. The molecule has 1 fully saturated rings. The van der Waals surface area contributed by atoms with Crippen molar-refractivity contribution in [3.8, 4) is 0 Å². The maximum absolute atomic E-state index is 11.3. The molecule has 0 aromatic rings. The summed E-state index contributed by atoms with van der Waals surface area (Å²) in [5.74, 6) is -0.0509. The Balaban J connectivity index is 2.22. The molecule has 0 aromatic heterocycles. The molecule has 1 saturated heterocycles. The van der Waals surface area contributed by atoms with E-state index >= 15 is 0 Å². The van der Waals surface area contributed by atoms with Gasteiger partial charge in [-0.15, -0.1) is 0 Å². The zero-order chi connectivity index (χ0) is 12.0. The molecule has 94 valence electrons. The summed E-state index contributed by atoms with van der Waals surface area (Å²) in [5.41, 5.74) is 5.48. The Kier molecular flexibility index (Phi) is 5.77. The highest BCUT2D eigenvalue weighted by Crippen LogP contribution is 2.18. The van der Waals surface area contributed by atoms with Crippen LogP contribution in [0.25, 0.3) is 0 Å². The molecule has 1 aliphatic rings. The molecule has 1 unspecified atom stereocenters. The highest BCUT2D eigenvalue weighted by molar-refractivity contribution is 5.80. The normalized spacial score (nSPS) is 24.1. The van der Waals surface area contributed by atoms with E-state index in [4.69, 9.17) is 5.73 Å². The Morgan fingerprint density at radius 3 is 2.94 bits per heavy atom. The zero-order valence-electron chi connectivity index (χ0n) is 10.5. The number of hydrogen-bond donors (Lipinski definition) is 2. The highest BCUT2D eigenvalue weighted by atomic mass is 16.2. The average molecular weight is 227 g/mol. The van der Waals surface area contributed by atoms with Crippen LogP contribution in [-0.4, -0.2) is 42.5 Å². The highest BCUT2D eigenvalue weighted by Gasteiger charge is 2.20. The van der Waals surface area contributed by atoms with E-state index in [1.54, 1.807) is 6.92 Å². The first kappa shape index (κ1) is 13.5. The standard InChI is InChI=1S/C12H25N3O/c1-3-11-6-4-5-8-15(11)9-7-14-12(16)10(2)13/h10-11H,3-9,13H2,1-2H3,(H,14,16)/t10-,11?/m1/s1. The number of carbonyl (C=O) groups excluding carboxylic acids is 1. The van der Waals surface area contributed by atoms with Crippen LogP contribution in [0.2, 0.25) is 0 Å². The number of nitrogens with zero attached hydrogens (tertiary/aromatic N) is 1. The van der Waals surface area contributed by atoms with Gasteiger partial charge in [-0.25, -0.2) is 0 Å². The van der Waals surface area contributed by atoms with Gasteiger partial charge >= 0.3 is 0 Å². The first-order valence-electron chi connectivity index (χ1n) is 6.42. The summed E-state index contributed by atoms with van der Waals surface area (Å²) in [6.45, 7) is 6.80. The molecule has 1 aliphatic heterocycles. The molecule has 0 aliphatic carbocycles. The van der Waals surface area contributed by atoms with Gasteiger partial charge in [0.05, 0.1) is 6.04 Å². The van der Waals surface area contributed by atoms with Crippen molar-refractivity contribution in [3.05, 3.63) is 0 Å². The second kappa shape index (κ2) is 6.86. The lowest BCUT2D eigenvalue weighted by atomic mass is 10.0. The molecule has 1 heterocycles. The van der Waals surface area contributed by atoms with Gasteiger partial charge in [-0.3, -0.25) is 9.69 Å². The second-order valence-corrected chi connectivity index (χ2v) is 4.67. The number of likely N-dealkylation sites (tertiary alicyclic amines) is 1. The van der Waals surface area contributed by atoms with Crippen molar-refractivity contribution >= 4 is 5.91 Å². The number of carbonyl (C=O) groups is 1. The van der Waals surface area contributed by atoms with Crippen LogP contribution >= 0.6 is 0 Å². The van der Waals surface area contributed by atoms with E-state index in [-0.39, 0.29) is 5.91 Å². The maximum atomic E-state index is 11.3. The van der Waals surface area contributed by atoms with Crippen molar-refractivity contribution in [2.24, 2.45) is 5.73 Å². The number of piperidine rings is 1. The summed E-state index contributed by atoms with van der Waals surface area (Å²) in [7, 11) is 0. The van der Waals surface area contributed by atoms with Gasteiger partial charge in [-0.2, -0.15) is 0 Å². The molecule has 1 rings (SSSR count). The van der Waals surface area contributed by atoms with E-state index in [0.717, 1.165) is 13.1 Å². The average Bonchev–Trinajstić information content (AvgIpc) is 2.29. The van der Waals surface area contributed by atoms with Crippen molar-refractivity contribution in [2.75, 3.05) is 19.6 Å². The minimum atomic E-state index is -0.400. The lowest BCUT2D eigenvalue weighted by molar-refractivity contribution is -0.122. The number of nitrogens with two attached hydrogens (primary N) is 1. The van der Waals surface area contributed by atoms with Crippen LogP contribution in [0.4, 0.5) is 0 Å². The Labute approximate surface area is 98.6 Å². The van der Waals surface area contributed by atoms with E-state index in [1.165, 1.54) is 32.2 Å². The van der Waals surface area contributed by atoms with Crippen molar-refractivity contribution in [2.45, 2.75) is 51.6 Å². The Morgan fingerprint density at radius 1 is 1.56 bits per heavy atom. The van der Waals surface area contributed by atoms with E-state index < -0.39 is 6.04 Å². The third-order valence-corrected chi connectivity index (χ3v) is 3.33. The lowest BCUT2D eigenvalue weighted by Gasteiger charge is -2.35. The SMILES string of the molecule is CCC1CCCCN1CCNC(=O)[C@@H](C)N. The van der Waals surface area contributed by atoms with Gasteiger partial charge in [-0.1, -0.05) is 13.3 Å². The van der Waals surface area contributed by atoms with Crippen molar-refractivity contribution < 1.29 is 4.79 Å². The van der Waals surface area contributed by atoms with Gasteiger partial charge in [0, 0.05) is 19.1 Å². The van der Waals surface area contributed by atoms with Gasteiger partial charge in [-0.05, 0) is 32.7 Å². The zero-order valence-corrected chi connectivity index (χ0v) is 10.5. The quantitative estimate of drug-likeness (QED) is 0.727. The fourth-order valence-electron chi connectivity index (χ4n) is 2.30. The molecule has 0 bridgehead atoms. The smallest absolute Gasteiger partial charge is 0.236 e. The molecule has 0 saturated carbocycles. The molecule has 16 heavy (non-hydrogen) atoms. The van der Waals surface area contributed by atoms with E-state index in [0.29, 0.717) is 6.04 Å². The monoisotopic (exact) mass is 227 g/mol. The first-order valence-corrected chi connectivity index (χ1v) is 6.42. The van der Waals surface area contributed by atoms with Crippen LogP contribution in [0, 0.1) is 0 Å². The third kappa shape index (κ3) is 4.10. The fraction of sp³-hybridized carbons (Fsp3) is 0.917. The number of hydrogen-bond acceptors (Lipinski definition) is 3. The predicted molar refractivity (Wildman–Crippen MR) is 66.2 cm³/mol. The summed E-state index contributed by atoms with van der Waals surface area (Å²) in [5, 5.41) is 2.87. The van der Waals surface area contributed by atoms with E-state index in [2.05, 4.69) is 17.1 Å². The van der Waals surface area contributed by atoms with Gasteiger partial charge in [0.25, 0.3) is 0 Å². The third-order valence-electron chi connectivity index (χ3n) is 3.33. The minimum Gasteiger partial charge on any atom is -0.353 e. The Hall–Kier alpha value is -0.610. The van der Waals surface area contributed by atoms with Crippen LogP contribution in [0.1, 0.15) is 39.5 Å². The Morgan fingerprint density at radius 2 is 2.31 bits per heavy atom. The molecule has 0 spiro atoms.